The lowest BCUT2D eigenvalue weighted by Gasteiger charge is -2.37. The quantitative estimate of drug-likeness (QED) is 0.536. The minimum absolute atomic E-state index is 0.262. The van der Waals surface area contributed by atoms with Gasteiger partial charge in [-0.05, 0) is 56.7 Å². The van der Waals surface area contributed by atoms with Crippen molar-refractivity contribution in [2.75, 3.05) is 19.0 Å². The van der Waals surface area contributed by atoms with Crippen LogP contribution in [0.3, 0.4) is 0 Å². The summed E-state index contributed by atoms with van der Waals surface area (Å²) in [4.78, 5) is 43.0. The summed E-state index contributed by atoms with van der Waals surface area (Å²) in [5, 5.41) is 16.3. The normalized spacial score (nSPS) is 30.8. The van der Waals surface area contributed by atoms with E-state index in [2.05, 4.69) is 10.6 Å². The van der Waals surface area contributed by atoms with Gasteiger partial charge < -0.3 is 25.4 Å². The molecule has 8 nitrogen and oxygen atoms in total. The second-order valence-corrected chi connectivity index (χ2v) is 10.9. The van der Waals surface area contributed by atoms with Gasteiger partial charge in [0.05, 0.1) is 30.1 Å². The highest BCUT2D eigenvalue weighted by Gasteiger charge is 2.78. The number of amides is 3. The Labute approximate surface area is 217 Å². The first-order valence-electron chi connectivity index (χ1n) is 12.9. The topological polar surface area (TPSA) is 108 Å². The van der Waals surface area contributed by atoms with Gasteiger partial charge in [-0.3, -0.25) is 14.4 Å². The van der Waals surface area contributed by atoms with Gasteiger partial charge in [-0.1, -0.05) is 48.5 Å². The van der Waals surface area contributed by atoms with E-state index in [1.54, 1.807) is 7.05 Å². The molecule has 2 aromatic rings. The molecule has 0 aromatic heterocycles. The number of aryl methyl sites for hydroxylation is 2. The van der Waals surface area contributed by atoms with Gasteiger partial charge in [-0.2, -0.15) is 0 Å². The van der Waals surface area contributed by atoms with E-state index in [0.717, 1.165) is 16.7 Å². The summed E-state index contributed by atoms with van der Waals surface area (Å²) < 4.78 is 6.62. The van der Waals surface area contributed by atoms with Crippen LogP contribution in [0.15, 0.2) is 48.5 Å². The van der Waals surface area contributed by atoms with Gasteiger partial charge in [-0.15, -0.1) is 0 Å². The van der Waals surface area contributed by atoms with E-state index in [9.17, 15) is 19.5 Å². The maximum absolute atomic E-state index is 14.2. The van der Waals surface area contributed by atoms with E-state index in [4.69, 9.17) is 4.74 Å². The number of para-hydroxylation sites is 1. The van der Waals surface area contributed by atoms with E-state index in [1.807, 2.05) is 69.3 Å². The Bertz CT molecular complexity index is 1210. The van der Waals surface area contributed by atoms with Crippen LogP contribution in [0, 0.1) is 25.7 Å². The number of likely N-dealkylation sites (tertiary alicyclic amines) is 1. The maximum Gasteiger partial charge on any atom is 0.250 e. The van der Waals surface area contributed by atoms with Crippen LogP contribution in [-0.2, 0) is 25.5 Å². The minimum atomic E-state index is -1.15. The van der Waals surface area contributed by atoms with Crippen LogP contribution in [0.1, 0.15) is 36.5 Å². The Kier molecular flexibility index (Phi) is 6.36. The first-order chi connectivity index (χ1) is 17.7. The van der Waals surface area contributed by atoms with Gasteiger partial charge in [0.1, 0.15) is 11.6 Å². The molecular formula is C29H35N3O5. The smallest absolute Gasteiger partial charge is 0.250 e. The van der Waals surface area contributed by atoms with Crippen molar-refractivity contribution in [3.8, 4) is 0 Å². The number of nitrogens with zero attached hydrogens (tertiary/aromatic N) is 1. The predicted octanol–water partition coefficient (Wildman–Crippen LogP) is 2.36. The number of fused-ring (bicyclic) bond motifs is 1. The Hall–Kier alpha value is -3.23. The summed E-state index contributed by atoms with van der Waals surface area (Å²) in [6, 6.07) is 13.7. The fraction of sp³-hybridized carbons (Fsp3) is 0.483. The molecule has 0 saturated carbocycles. The molecule has 3 amide bonds. The summed E-state index contributed by atoms with van der Waals surface area (Å²) in [5.41, 5.74) is 1.48. The summed E-state index contributed by atoms with van der Waals surface area (Å²) in [5.74, 6) is -2.45. The molecule has 196 valence electrons. The number of carbonyl (C=O) groups excluding carboxylic acids is 3. The summed E-state index contributed by atoms with van der Waals surface area (Å²) in [6.45, 7) is 5.39. The minimum Gasteiger partial charge on any atom is -0.394 e. The molecule has 2 bridgehead atoms. The molecule has 0 radical (unpaired) electrons. The van der Waals surface area contributed by atoms with E-state index >= 15 is 0 Å². The Morgan fingerprint density at radius 1 is 1.08 bits per heavy atom. The molecule has 2 aromatic carbocycles. The molecule has 8 heteroatoms. The van der Waals surface area contributed by atoms with Crippen LogP contribution >= 0.6 is 0 Å². The molecule has 5 rings (SSSR count). The third-order valence-corrected chi connectivity index (χ3v) is 8.64. The number of aliphatic hydroxyl groups excluding tert-OH is 1. The third-order valence-electron chi connectivity index (χ3n) is 8.64. The zero-order chi connectivity index (χ0) is 26.5. The van der Waals surface area contributed by atoms with Crippen molar-refractivity contribution in [2.45, 2.75) is 63.3 Å². The van der Waals surface area contributed by atoms with Gasteiger partial charge in [0.2, 0.25) is 17.7 Å². The van der Waals surface area contributed by atoms with E-state index < -0.39 is 35.1 Å². The standard InChI is InChI=1S/C29H35N3O5/c1-17-9-8-10-18(2)23(17)31-26(35)24-29-14-13-28(3,37-29)21(25(34)30-4)22(29)27(36)32(24)20(16-33)15-19-11-6-5-7-12-19/h5-12,20-22,24,33H,13-16H2,1-4H3,(H,30,34)(H,31,35)/t20-,21-,22+,24?,28+,29?/m1/s1. The fourth-order valence-electron chi connectivity index (χ4n) is 6.95. The highest BCUT2D eigenvalue weighted by Crippen LogP contribution is 2.63. The lowest BCUT2D eigenvalue weighted by Crippen LogP contribution is -2.57. The van der Waals surface area contributed by atoms with Crippen molar-refractivity contribution >= 4 is 23.4 Å². The van der Waals surface area contributed by atoms with Crippen LogP contribution in [0.5, 0.6) is 0 Å². The van der Waals surface area contributed by atoms with Crippen molar-refractivity contribution in [1.29, 1.82) is 0 Å². The molecule has 37 heavy (non-hydrogen) atoms. The van der Waals surface area contributed by atoms with E-state index in [0.29, 0.717) is 24.9 Å². The first kappa shape index (κ1) is 25.4. The average molecular weight is 506 g/mol. The molecule has 6 atom stereocenters. The number of carbonyl (C=O) groups is 3. The number of benzene rings is 2. The number of rotatable bonds is 7. The molecule has 3 heterocycles. The first-order valence-corrected chi connectivity index (χ1v) is 12.9. The number of aliphatic hydroxyl groups is 1. The van der Waals surface area contributed by atoms with Gasteiger partial charge in [0.25, 0.3) is 0 Å². The Morgan fingerprint density at radius 2 is 1.76 bits per heavy atom. The Balaban J connectivity index is 1.59. The molecule has 0 aliphatic carbocycles. The highest BCUT2D eigenvalue weighted by atomic mass is 16.5. The fourth-order valence-corrected chi connectivity index (χ4v) is 6.95. The molecule has 1 spiro atoms. The second kappa shape index (κ2) is 9.26. The molecule has 3 aliphatic heterocycles. The largest absolute Gasteiger partial charge is 0.394 e. The summed E-state index contributed by atoms with van der Waals surface area (Å²) >= 11 is 0. The van der Waals surface area contributed by atoms with Crippen LogP contribution < -0.4 is 10.6 Å². The number of hydrogen-bond donors (Lipinski definition) is 3. The van der Waals surface area contributed by atoms with Crippen molar-refractivity contribution in [3.05, 3.63) is 65.2 Å². The van der Waals surface area contributed by atoms with Crippen molar-refractivity contribution in [1.82, 2.24) is 10.2 Å². The molecule has 3 fully saturated rings. The second-order valence-electron chi connectivity index (χ2n) is 10.9. The van der Waals surface area contributed by atoms with E-state index in [1.165, 1.54) is 4.90 Å². The maximum atomic E-state index is 14.2. The zero-order valence-corrected chi connectivity index (χ0v) is 21.8. The summed E-state index contributed by atoms with van der Waals surface area (Å²) in [7, 11) is 1.55. The van der Waals surface area contributed by atoms with Crippen molar-refractivity contribution in [3.63, 3.8) is 0 Å². The molecule has 2 unspecified atom stereocenters. The monoisotopic (exact) mass is 505 g/mol. The molecule has 3 aliphatic rings. The summed E-state index contributed by atoms with van der Waals surface area (Å²) in [6.07, 6.45) is 1.43. The van der Waals surface area contributed by atoms with Crippen LogP contribution in [0.25, 0.3) is 0 Å². The van der Waals surface area contributed by atoms with Gasteiger partial charge in [0, 0.05) is 12.7 Å². The zero-order valence-electron chi connectivity index (χ0n) is 21.8. The lowest BCUT2D eigenvalue weighted by atomic mass is 9.66. The van der Waals surface area contributed by atoms with E-state index in [-0.39, 0.29) is 24.3 Å². The number of hydrogen-bond acceptors (Lipinski definition) is 5. The molecule has 3 saturated heterocycles. The van der Waals surface area contributed by atoms with Gasteiger partial charge in [-0.25, -0.2) is 0 Å². The average Bonchev–Trinajstić information content (AvgIpc) is 3.45. The molecular weight excluding hydrogens is 470 g/mol. The number of anilines is 1. The van der Waals surface area contributed by atoms with Crippen molar-refractivity contribution < 1.29 is 24.2 Å². The lowest BCUT2D eigenvalue weighted by molar-refractivity contribution is -0.147. The molecule has 3 N–H and O–H groups in total. The van der Waals surface area contributed by atoms with Gasteiger partial charge in [0.15, 0.2) is 0 Å². The Morgan fingerprint density at radius 3 is 2.38 bits per heavy atom. The van der Waals surface area contributed by atoms with Crippen LogP contribution in [0.4, 0.5) is 5.69 Å². The number of nitrogens with one attached hydrogen (secondary N) is 2. The third kappa shape index (κ3) is 3.85. The predicted molar refractivity (Wildman–Crippen MR) is 139 cm³/mol. The van der Waals surface area contributed by atoms with Crippen LogP contribution in [-0.4, -0.2) is 64.7 Å². The van der Waals surface area contributed by atoms with Crippen LogP contribution in [0.2, 0.25) is 0 Å². The SMILES string of the molecule is CNC(=O)[C@H]1[C@H]2C(=O)N([C@@H](CO)Cc3ccccc3)C(C(=O)Nc3c(C)cccc3C)C23CC[C@]1(C)O3. The van der Waals surface area contributed by atoms with Crippen molar-refractivity contribution in [2.24, 2.45) is 11.8 Å². The number of ether oxygens (including phenoxy) is 1. The highest BCUT2D eigenvalue weighted by molar-refractivity contribution is 6.04. The van der Waals surface area contributed by atoms with Gasteiger partial charge >= 0.3 is 0 Å².